The van der Waals surface area contributed by atoms with Crippen LogP contribution in [0.1, 0.15) is 6.92 Å². The molecule has 11 heteroatoms. The Kier molecular flexibility index (Phi) is 6.11. The molecule has 9 nitrogen and oxygen atoms in total. The molecule has 1 amide bonds. The first-order valence-electron chi connectivity index (χ1n) is 10.7. The van der Waals surface area contributed by atoms with Gasteiger partial charge in [-0.2, -0.15) is 5.10 Å². The number of halogens is 2. The third-order valence-electron chi connectivity index (χ3n) is 5.94. The van der Waals surface area contributed by atoms with Crippen molar-refractivity contribution in [2.24, 2.45) is 0 Å². The van der Waals surface area contributed by atoms with E-state index >= 15 is 0 Å². The number of oxazole rings is 1. The standard InChI is InChI=1S/C23H22FIN6O3/c1-14-12-29(18-11-19(33-2)17(25)10-16(18)24)7-8-30(14)20(32)13-31-22-15(4-3-5-26-22)21(28-31)23-27-6-9-34-23/h3-6,9-11,14H,7-8,12-13H2,1-2H3. The Hall–Kier alpha value is -3.22. The molecule has 1 fully saturated rings. The van der Waals surface area contributed by atoms with Crippen LogP contribution in [0.3, 0.4) is 0 Å². The van der Waals surface area contributed by atoms with Crippen LogP contribution in [0, 0.1) is 9.39 Å². The lowest BCUT2D eigenvalue weighted by Crippen LogP contribution is -2.55. The molecule has 1 aliphatic rings. The number of carbonyl (C=O) groups is 1. The number of carbonyl (C=O) groups excluding carboxylic acids is 1. The van der Waals surface area contributed by atoms with Crippen molar-refractivity contribution in [3.05, 3.63) is 52.3 Å². The van der Waals surface area contributed by atoms with Crippen LogP contribution in [-0.4, -0.2) is 63.3 Å². The van der Waals surface area contributed by atoms with Crippen molar-refractivity contribution in [1.29, 1.82) is 0 Å². The van der Waals surface area contributed by atoms with Gasteiger partial charge in [-0.25, -0.2) is 19.0 Å². The first kappa shape index (κ1) is 22.6. The highest BCUT2D eigenvalue weighted by Crippen LogP contribution is 2.31. The van der Waals surface area contributed by atoms with Crippen molar-refractivity contribution in [3.8, 4) is 17.3 Å². The minimum Gasteiger partial charge on any atom is -0.496 e. The average Bonchev–Trinajstić information content (AvgIpc) is 3.48. The lowest BCUT2D eigenvalue weighted by molar-refractivity contribution is -0.134. The molecule has 1 aromatic carbocycles. The smallest absolute Gasteiger partial charge is 0.247 e. The Bertz CT molecular complexity index is 1340. The fourth-order valence-electron chi connectivity index (χ4n) is 4.30. The van der Waals surface area contributed by atoms with E-state index < -0.39 is 0 Å². The molecular formula is C23H22FIN6O3. The Labute approximate surface area is 208 Å². The van der Waals surface area contributed by atoms with Crippen LogP contribution >= 0.6 is 22.6 Å². The second kappa shape index (κ2) is 9.20. The maximum Gasteiger partial charge on any atom is 0.247 e. The number of aromatic nitrogens is 4. The number of amides is 1. The molecule has 4 aromatic rings. The summed E-state index contributed by atoms with van der Waals surface area (Å²) in [6.45, 7) is 3.48. The van der Waals surface area contributed by atoms with Gasteiger partial charge in [-0.1, -0.05) is 0 Å². The molecule has 34 heavy (non-hydrogen) atoms. The number of hydrogen-bond acceptors (Lipinski definition) is 7. The van der Waals surface area contributed by atoms with Gasteiger partial charge in [-0.05, 0) is 47.7 Å². The normalized spacial score (nSPS) is 16.3. The zero-order valence-electron chi connectivity index (χ0n) is 18.6. The summed E-state index contributed by atoms with van der Waals surface area (Å²) in [5.41, 5.74) is 1.61. The van der Waals surface area contributed by atoms with Crippen LogP contribution in [0.15, 0.2) is 47.3 Å². The van der Waals surface area contributed by atoms with Gasteiger partial charge >= 0.3 is 0 Å². The lowest BCUT2D eigenvalue weighted by atomic mass is 10.1. The molecule has 1 aliphatic heterocycles. The fraction of sp³-hybridized carbons (Fsp3) is 0.304. The van der Waals surface area contributed by atoms with Crippen LogP contribution in [0.25, 0.3) is 22.6 Å². The van der Waals surface area contributed by atoms with Crippen molar-refractivity contribution in [2.45, 2.75) is 19.5 Å². The molecule has 0 bridgehead atoms. The largest absolute Gasteiger partial charge is 0.496 e. The molecule has 0 aliphatic carbocycles. The topological polar surface area (TPSA) is 89.5 Å². The summed E-state index contributed by atoms with van der Waals surface area (Å²) in [5, 5.41) is 5.33. The van der Waals surface area contributed by atoms with E-state index in [2.05, 4.69) is 37.7 Å². The van der Waals surface area contributed by atoms with E-state index in [1.54, 1.807) is 35.2 Å². The van der Waals surface area contributed by atoms with E-state index in [9.17, 15) is 9.18 Å². The number of methoxy groups -OCH3 is 1. The summed E-state index contributed by atoms with van der Waals surface area (Å²) < 4.78 is 27.7. The predicted octanol–water partition coefficient (Wildman–Crippen LogP) is 3.58. The van der Waals surface area contributed by atoms with Gasteiger partial charge in [-0.15, -0.1) is 0 Å². The summed E-state index contributed by atoms with van der Waals surface area (Å²) in [6.07, 6.45) is 4.69. The van der Waals surface area contributed by atoms with Gasteiger partial charge in [0.25, 0.3) is 0 Å². The SMILES string of the molecule is COc1cc(N2CCN(C(=O)Cn3nc(-c4ncco4)c4cccnc43)C(C)C2)c(F)cc1I. The van der Waals surface area contributed by atoms with Crippen LogP contribution < -0.4 is 9.64 Å². The molecule has 0 saturated carbocycles. The number of piperazine rings is 1. The van der Waals surface area contributed by atoms with Gasteiger partial charge in [-0.3, -0.25) is 4.79 Å². The second-order valence-electron chi connectivity index (χ2n) is 8.04. The monoisotopic (exact) mass is 576 g/mol. The van der Waals surface area contributed by atoms with E-state index in [0.717, 1.165) is 5.39 Å². The maximum atomic E-state index is 14.7. The molecule has 1 atom stereocenters. The summed E-state index contributed by atoms with van der Waals surface area (Å²) in [4.78, 5) is 25.6. The average molecular weight is 576 g/mol. The van der Waals surface area contributed by atoms with E-state index in [1.165, 1.54) is 12.3 Å². The molecule has 5 rings (SSSR count). The Morgan fingerprint density at radius 2 is 2.15 bits per heavy atom. The van der Waals surface area contributed by atoms with Crippen LogP contribution in [0.4, 0.5) is 10.1 Å². The molecule has 0 N–H and O–H groups in total. The predicted molar refractivity (Wildman–Crippen MR) is 132 cm³/mol. The van der Waals surface area contributed by atoms with Gasteiger partial charge in [0.1, 0.15) is 24.4 Å². The molecular weight excluding hydrogens is 554 g/mol. The number of benzene rings is 1. The molecule has 3 aromatic heterocycles. The van der Waals surface area contributed by atoms with Gasteiger partial charge in [0, 0.05) is 37.9 Å². The second-order valence-corrected chi connectivity index (χ2v) is 9.20. The zero-order chi connectivity index (χ0) is 23.8. The third-order valence-corrected chi connectivity index (χ3v) is 6.78. The van der Waals surface area contributed by atoms with Crippen LogP contribution in [0.5, 0.6) is 5.75 Å². The summed E-state index contributed by atoms with van der Waals surface area (Å²) in [7, 11) is 1.57. The Morgan fingerprint density at radius 1 is 1.29 bits per heavy atom. The Balaban J connectivity index is 1.34. The quantitative estimate of drug-likeness (QED) is 0.336. The highest BCUT2D eigenvalue weighted by molar-refractivity contribution is 14.1. The van der Waals surface area contributed by atoms with Gasteiger partial charge in [0.15, 0.2) is 11.3 Å². The van der Waals surface area contributed by atoms with E-state index in [0.29, 0.717) is 51.9 Å². The molecule has 0 radical (unpaired) electrons. The molecule has 4 heterocycles. The lowest BCUT2D eigenvalue weighted by Gasteiger charge is -2.41. The van der Waals surface area contributed by atoms with E-state index in [4.69, 9.17) is 9.15 Å². The fourth-order valence-corrected chi connectivity index (χ4v) is 4.95. The first-order chi connectivity index (χ1) is 16.5. The summed E-state index contributed by atoms with van der Waals surface area (Å²) >= 11 is 2.05. The minimum atomic E-state index is -0.301. The van der Waals surface area contributed by atoms with Gasteiger partial charge in [0.05, 0.1) is 28.0 Å². The van der Waals surface area contributed by atoms with Crippen LogP contribution in [-0.2, 0) is 11.3 Å². The molecule has 1 unspecified atom stereocenters. The molecule has 1 saturated heterocycles. The van der Waals surface area contributed by atoms with Gasteiger partial charge in [0.2, 0.25) is 11.8 Å². The van der Waals surface area contributed by atoms with Crippen molar-refractivity contribution < 1.29 is 18.3 Å². The number of rotatable bonds is 5. The summed E-state index contributed by atoms with van der Waals surface area (Å²) in [5.74, 6) is 0.622. The number of hydrogen-bond donors (Lipinski definition) is 0. The number of nitrogens with zero attached hydrogens (tertiary/aromatic N) is 6. The van der Waals surface area contributed by atoms with E-state index in [-0.39, 0.29) is 24.3 Å². The maximum absolute atomic E-state index is 14.7. The van der Waals surface area contributed by atoms with Crippen molar-refractivity contribution in [2.75, 3.05) is 31.6 Å². The Morgan fingerprint density at radius 3 is 2.88 bits per heavy atom. The highest BCUT2D eigenvalue weighted by atomic mass is 127. The minimum absolute atomic E-state index is 0.0320. The number of pyridine rings is 1. The number of fused-ring (bicyclic) bond motifs is 1. The number of anilines is 1. The molecule has 0 spiro atoms. The van der Waals surface area contributed by atoms with Crippen molar-refractivity contribution >= 4 is 45.2 Å². The van der Waals surface area contributed by atoms with Crippen molar-refractivity contribution in [3.63, 3.8) is 0 Å². The third kappa shape index (κ3) is 4.08. The van der Waals surface area contributed by atoms with Crippen LogP contribution in [0.2, 0.25) is 0 Å². The first-order valence-corrected chi connectivity index (χ1v) is 11.8. The number of ether oxygens (including phenoxy) is 1. The van der Waals surface area contributed by atoms with Gasteiger partial charge < -0.3 is 19.0 Å². The molecule has 176 valence electrons. The highest BCUT2D eigenvalue weighted by Gasteiger charge is 2.30. The van der Waals surface area contributed by atoms with Crippen molar-refractivity contribution in [1.82, 2.24) is 24.6 Å². The zero-order valence-corrected chi connectivity index (χ0v) is 20.8. The van der Waals surface area contributed by atoms with E-state index in [1.807, 2.05) is 24.0 Å². The summed E-state index contributed by atoms with van der Waals surface area (Å²) in [6, 6.07) is 6.75.